The lowest BCUT2D eigenvalue weighted by Crippen LogP contribution is -2.16. The fourth-order valence-electron chi connectivity index (χ4n) is 0.804. The van der Waals surface area contributed by atoms with E-state index in [0.29, 0.717) is 6.29 Å². The van der Waals surface area contributed by atoms with Crippen LogP contribution in [0.3, 0.4) is 0 Å². The number of H-pyrrole nitrogens is 1. The summed E-state index contributed by atoms with van der Waals surface area (Å²) in [6.45, 7) is -0.124. The smallest absolute Gasteiger partial charge is 0.346 e. The van der Waals surface area contributed by atoms with Crippen LogP contribution in [0, 0.1) is 10.1 Å². The van der Waals surface area contributed by atoms with Gasteiger partial charge in [0, 0.05) is 0 Å². The molecule has 0 aliphatic carbocycles. The molecule has 0 saturated heterocycles. The second-order valence-electron chi connectivity index (χ2n) is 2.25. The van der Waals surface area contributed by atoms with Gasteiger partial charge < -0.3 is 10.1 Å². The number of anilines is 1. The number of aromatic nitrogens is 2. The lowest BCUT2D eigenvalue weighted by Gasteiger charge is -2.01. The van der Waals surface area contributed by atoms with Gasteiger partial charge in [-0.25, -0.2) is 4.79 Å². The van der Waals surface area contributed by atoms with Crippen molar-refractivity contribution in [3.8, 4) is 0 Å². The molecule has 0 radical (unpaired) electrons. The molecular formula is C6H6N4O4. The molecular weight excluding hydrogens is 192 g/mol. The van der Waals surface area contributed by atoms with E-state index in [1.165, 1.54) is 0 Å². The molecule has 0 unspecified atom stereocenters. The van der Waals surface area contributed by atoms with Gasteiger partial charge in [0.15, 0.2) is 5.82 Å². The van der Waals surface area contributed by atoms with Gasteiger partial charge in [-0.2, -0.15) is 4.98 Å². The Balaban J connectivity index is 3.08. The van der Waals surface area contributed by atoms with E-state index >= 15 is 0 Å². The predicted octanol–water partition coefficient (Wildman–Crippen LogP) is -0.711. The van der Waals surface area contributed by atoms with Crippen molar-refractivity contribution in [2.24, 2.45) is 0 Å². The molecule has 8 nitrogen and oxygen atoms in total. The van der Waals surface area contributed by atoms with Crippen LogP contribution in [0.4, 0.5) is 11.5 Å². The molecule has 0 fully saturated rings. The molecule has 0 aliphatic rings. The highest BCUT2D eigenvalue weighted by atomic mass is 16.6. The van der Waals surface area contributed by atoms with E-state index < -0.39 is 10.6 Å². The fraction of sp³-hybridized carbons (Fsp3) is 0.167. The summed E-state index contributed by atoms with van der Waals surface area (Å²) in [5.74, 6) is -0.123. The van der Waals surface area contributed by atoms with Gasteiger partial charge in [-0.15, -0.1) is 0 Å². The Kier molecular flexibility index (Phi) is 2.89. The quantitative estimate of drug-likeness (QED) is 0.374. The Bertz CT molecular complexity index is 413. The number of rotatable bonds is 4. The fourth-order valence-corrected chi connectivity index (χ4v) is 0.804. The van der Waals surface area contributed by atoms with Gasteiger partial charge in [-0.3, -0.25) is 15.1 Å². The van der Waals surface area contributed by atoms with E-state index in [1.54, 1.807) is 0 Å². The first kappa shape index (κ1) is 9.84. The number of hydrogen-bond acceptors (Lipinski definition) is 6. The van der Waals surface area contributed by atoms with Crippen LogP contribution in [0.5, 0.6) is 0 Å². The monoisotopic (exact) mass is 198 g/mol. The minimum Gasteiger partial charge on any atom is -0.359 e. The standard InChI is InChI=1S/C6H6N4O4/c11-2-1-7-5-4(10(13)14)3-8-6(12)9-5/h2-3H,1H2,(H2,7,8,9,12). The van der Waals surface area contributed by atoms with E-state index in [1.807, 2.05) is 0 Å². The van der Waals surface area contributed by atoms with E-state index in [4.69, 9.17) is 0 Å². The SMILES string of the molecule is O=CCNc1[nH]c(=O)ncc1[N+](=O)[O-]. The molecule has 0 aromatic carbocycles. The number of nitrogens with one attached hydrogen (secondary N) is 2. The third kappa shape index (κ3) is 2.12. The third-order valence-electron chi connectivity index (χ3n) is 1.35. The molecule has 14 heavy (non-hydrogen) atoms. The van der Waals surface area contributed by atoms with Crippen molar-refractivity contribution in [2.45, 2.75) is 0 Å². The Morgan fingerprint density at radius 2 is 2.43 bits per heavy atom. The number of nitro groups is 1. The average molecular weight is 198 g/mol. The van der Waals surface area contributed by atoms with Crippen LogP contribution in [0.2, 0.25) is 0 Å². The van der Waals surface area contributed by atoms with E-state index in [9.17, 15) is 19.7 Å². The normalized spacial score (nSPS) is 9.43. The zero-order valence-corrected chi connectivity index (χ0v) is 6.89. The molecule has 0 saturated carbocycles. The molecule has 0 aliphatic heterocycles. The Hall–Kier alpha value is -2.25. The topological polar surface area (TPSA) is 118 Å². The number of aromatic amines is 1. The van der Waals surface area contributed by atoms with Gasteiger partial charge in [0.25, 0.3) is 0 Å². The first-order chi connectivity index (χ1) is 6.65. The first-order valence-electron chi connectivity index (χ1n) is 3.56. The summed E-state index contributed by atoms with van der Waals surface area (Å²) < 4.78 is 0. The number of nitrogens with zero attached hydrogens (tertiary/aromatic N) is 2. The molecule has 8 heteroatoms. The molecule has 2 N–H and O–H groups in total. The molecule has 74 valence electrons. The van der Waals surface area contributed by atoms with Gasteiger partial charge >= 0.3 is 11.4 Å². The van der Waals surface area contributed by atoms with Crippen molar-refractivity contribution in [1.82, 2.24) is 9.97 Å². The molecule has 0 spiro atoms. The third-order valence-corrected chi connectivity index (χ3v) is 1.35. The molecule has 1 rings (SSSR count). The average Bonchev–Trinajstić information content (AvgIpc) is 2.14. The molecule has 0 atom stereocenters. The van der Waals surface area contributed by atoms with Crippen LogP contribution in [0.25, 0.3) is 0 Å². The van der Waals surface area contributed by atoms with Crippen LogP contribution in [-0.4, -0.2) is 27.7 Å². The minimum absolute atomic E-state index is 0.123. The van der Waals surface area contributed by atoms with Gasteiger partial charge in [0.05, 0.1) is 11.5 Å². The number of aldehydes is 1. The maximum absolute atomic E-state index is 10.7. The van der Waals surface area contributed by atoms with E-state index in [-0.39, 0.29) is 18.1 Å². The second kappa shape index (κ2) is 4.12. The van der Waals surface area contributed by atoms with E-state index in [2.05, 4.69) is 15.3 Å². The Morgan fingerprint density at radius 1 is 1.71 bits per heavy atom. The van der Waals surface area contributed by atoms with E-state index in [0.717, 1.165) is 6.20 Å². The summed E-state index contributed by atoms with van der Waals surface area (Å²) in [6.07, 6.45) is 1.34. The van der Waals surface area contributed by atoms with Crippen LogP contribution >= 0.6 is 0 Å². The Morgan fingerprint density at radius 3 is 3.00 bits per heavy atom. The molecule has 1 aromatic heterocycles. The summed E-state index contributed by atoms with van der Waals surface area (Å²) in [6, 6.07) is 0. The second-order valence-corrected chi connectivity index (χ2v) is 2.25. The first-order valence-corrected chi connectivity index (χ1v) is 3.56. The van der Waals surface area contributed by atoms with Crippen LogP contribution < -0.4 is 11.0 Å². The number of hydrogen-bond donors (Lipinski definition) is 2. The summed E-state index contributed by atoms with van der Waals surface area (Å²) in [5.41, 5.74) is -1.10. The molecule has 1 heterocycles. The zero-order valence-electron chi connectivity index (χ0n) is 6.89. The van der Waals surface area contributed by atoms with Crippen molar-refractivity contribution in [3.63, 3.8) is 0 Å². The minimum atomic E-state index is -0.719. The summed E-state index contributed by atoms with van der Waals surface area (Å²) in [4.78, 5) is 35.7. The maximum atomic E-state index is 10.7. The lowest BCUT2D eigenvalue weighted by molar-refractivity contribution is -0.384. The maximum Gasteiger partial charge on any atom is 0.346 e. The van der Waals surface area contributed by atoms with Crippen molar-refractivity contribution in [1.29, 1.82) is 0 Å². The molecule has 0 bridgehead atoms. The number of carbonyl (C=O) groups excluding carboxylic acids is 1. The largest absolute Gasteiger partial charge is 0.359 e. The predicted molar refractivity (Wildman–Crippen MR) is 46.1 cm³/mol. The highest BCUT2D eigenvalue weighted by molar-refractivity contribution is 5.62. The number of carbonyl (C=O) groups is 1. The van der Waals surface area contributed by atoms with Crippen molar-refractivity contribution < 1.29 is 9.72 Å². The van der Waals surface area contributed by atoms with Gasteiger partial charge in [0.1, 0.15) is 12.5 Å². The van der Waals surface area contributed by atoms with Crippen molar-refractivity contribution in [3.05, 3.63) is 26.8 Å². The highest BCUT2D eigenvalue weighted by Crippen LogP contribution is 2.16. The van der Waals surface area contributed by atoms with Crippen LogP contribution in [-0.2, 0) is 4.79 Å². The van der Waals surface area contributed by atoms with Crippen molar-refractivity contribution in [2.75, 3.05) is 11.9 Å². The summed E-state index contributed by atoms with van der Waals surface area (Å²) >= 11 is 0. The van der Waals surface area contributed by atoms with Gasteiger partial charge in [-0.1, -0.05) is 0 Å². The van der Waals surface area contributed by atoms with Gasteiger partial charge in [0.2, 0.25) is 0 Å². The summed E-state index contributed by atoms with van der Waals surface area (Å²) in [7, 11) is 0. The zero-order chi connectivity index (χ0) is 10.6. The molecule has 0 amide bonds. The lowest BCUT2D eigenvalue weighted by atomic mass is 10.5. The van der Waals surface area contributed by atoms with Crippen molar-refractivity contribution >= 4 is 17.8 Å². The van der Waals surface area contributed by atoms with Crippen LogP contribution in [0.15, 0.2) is 11.0 Å². The van der Waals surface area contributed by atoms with Crippen LogP contribution in [0.1, 0.15) is 0 Å². The van der Waals surface area contributed by atoms with Gasteiger partial charge in [-0.05, 0) is 0 Å². The summed E-state index contributed by atoms with van der Waals surface area (Å²) in [5, 5.41) is 12.8. The Labute approximate surface area is 77.1 Å². The molecule has 1 aromatic rings. The highest BCUT2D eigenvalue weighted by Gasteiger charge is 2.14.